The van der Waals surface area contributed by atoms with Gasteiger partial charge in [0.25, 0.3) is 0 Å². The molecule has 0 fully saturated rings. The molecule has 0 saturated heterocycles. The number of amides is 1. The van der Waals surface area contributed by atoms with Gasteiger partial charge in [0.1, 0.15) is 0 Å². The minimum Gasteiger partial charge on any atom is -0.462 e. The fraction of sp³-hybridized carbons (Fsp3) is 0.263. The summed E-state index contributed by atoms with van der Waals surface area (Å²) in [6, 6.07) is 14.7. The molecular formula is C19H22N2O3. The number of hydrogen-bond acceptors (Lipinski definition) is 4. The van der Waals surface area contributed by atoms with Crippen LogP contribution in [-0.2, 0) is 9.53 Å². The fourth-order valence-electron chi connectivity index (χ4n) is 2.20. The molecule has 24 heavy (non-hydrogen) atoms. The second kappa shape index (κ2) is 8.72. The van der Waals surface area contributed by atoms with Gasteiger partial charge < -0.3 is 15.4 Å². The highest BCUT2D eigenvalue weighted by atomic mass is 16.5. The molecular weight excluding hydrogens is 304 g/mol. The van der Waals surface area contributed by atoms with Crippen LogP contribution in [0.25, 0.3) is 0 Å². The van der Waals surface area contributed by atoms with Gasteiger partial charge in [-0.15, -0.1) is 0 Å². The first-order valence-corrected chi connectivity index (χ1v) is 7.96. The predicted molar refractivity (Wildman–Crippen MR) is 95.3 cm³/mol. The number of ether oxygens (including phenoxy) is 1. The summed E-state index contributed by atoms with van der Waals surface area (Å²) in [5.41, 5.74) is 3.06. The Labute approximate surface area is 142 Å². The third kappa shape index (κ3) is 5.12. The largest absolute Gasteiger partial charge is 0.462 e. The Morgan fingerprint density at radius 3 is 2.46 bits per heavy atom. The number of aryl methyl sites for hydroxylation is 1. The van der Waals surface area contributed by atoms with Crippen LogP contribution in [0.15, 0.2) is 48.5 Å². The third-order valence-electron chi connectivity index (χ3n) is 3.43. The summed E-state index contributed by atoms with van der Waals surface area (Å²) in [4.78, 5) is 23.9. The van der Waals surface area contributed by atoms with E-state index in [1.165, 1.54) is 0 Å². The van der Waals surface area contributed by atoms with E-state index in [2.05, 4.69) is 10.6 Å². The molecule has 0 aliphatic rings. The highest BCUT2D eigenvalue weighted by Gasteiger charge is 2.11. The quantitative estimate of drug-likeness (QED) is 0.763. The topological polar surface area (TPSA) is 67.4 Å². The van der Waals surface area contributed by atoms with Crippen LogP contribution in [0.5, 0.6) is 0 Å². The van der Waals surface area contributed by atoms with Crippen molar-refractivity contribution in [2.45, 2.75) is 20.3 Å². The fourth-order valence-corrected chi connectivity index (χ4v) is 2.20. The highest BCUT2D eigenvalue weighted by Crippen LogP contribution is 2.16. The number of esters is 1. The standard InChI is InChI=1S/C19H22N2O3/c1-3-24-19(23)16-6-4-5-7-17(16)20-13-12-18(22)21-15-10-8-14(2)9-11-15/h4-11,20H,3,12-13H2,1-2H3,(H,21,22). The maximum Gasteiger partial charge on any atom is 0.340 e. The summed E-state index contributed by atoms with van der Waals surface area (Å²) in [7, 11) is 0. The zero-order valence-corrected chi connectivity index (χ0v) is 14.0. The van der Waals surface area contributed by atoms with E-state index in [4.69, 9.17) is 4.74 Å². The lowest BCUT2D eigenvalue weighted by Gasteiger charge is -2.11. The van der Waals surface area contributed by atoms with Crippen LogP contribution in [0.1, 0.15) is 29.3 Å². The molecule has 2 aromatic rings. The zero-order valence-electron chi connectivity index (χ0n) is 14.0. The van der Waals surface area contributed by atoms with Crippen LogP contribution in [-0.4, -0.2) is 25.0 Å². The molecule has 2 rings (SSSR count). The van der Waals surface area contributed by atoms with Crippen LogP contribution in [0, 0.1) is 6.92 Å². The molecule has 5 nitrogen and oxygen atoms in total. The van der Waals surface area contributed by atoms with Crippen LogP contribution >= 0.6 is 0 Å². The van der Waals surface area contributed by atoms with Gasteiger partial charge >= 0.3 is 5.97 Å². The molecule has 0 saturated carbocycles. The number of benzene rings is 2. The third-order valence-corrected chi connectivity index (χ3v) is 3.43. The van der Waals surface area contributed by atoms with Gasteiger partial charge in [-0.1, -0.05) is 29.8 Å². The predicted octanol–water partition coefficient (Wildman–Crippen LogP) is 3.61. The maximum absolute atomic E-state index is 12.0. The minimum absolute atomic E-state index is 0.0834. The summed E-state index contributed by atoms with van der Waals surface area (Å²) in [6.07, 6.45) is 0.297. The lowest BCUT2D eigenvalue weighted by Crippen LogP contribution is -2.17. The number of rotatable bonds is 7. The summed E-state index contributed by atoms with van der Waals surface area (Å²) < 4.78 is 5.03. The average Bonchev–Trinajstić information content (AvgIpc) is 2.57. The Morgan fingerprint density at radius 1 is 1.04 bits per heavy atom. The first-order chi connectivity index (χ1) is 11.6. The molecule has 0 aliphatic heterocycles. The monoisotopic (exact) mass is 326 g/mol. The second-order valence-corrected chi connectivity index (χ2v) is 5.36. The van der Waals surface area contributed by atoms with E-state index in [-0.39, 0.29) is 11.9 Å². The number of nitrogens with one attached hydrogen (secondary N) is 2. The van der Waals surface area contributed by atoms with Crippen molar-refractivity contribution >= 4 is 23.3 Å². The molecule has 0 aromatic heterocycles. The highest BCUT2D eigenvalue weighted by molar-refractivity contribution is 5.96. The summed E-state index contributed by atoms with van der Waals surface area (Å²) in [6.45, 7) is 4.51. The SMILES string of the molecule is CCOC(=O)c1ccccc1NCCC(=O)Nc1ccc(C)cc1. The van der Waals surface area contributed by atoms with E-state index in [1.54, 1.807) is 25.1 Å². The van der Waals surface area contributed by atoms with Crippen molar-refractivity contribution in [1.29, 1.82) is 0 Å². The molecule has 0 aliphatic carbocycles. The van der Waals surface area contributed by atoms with Gasteiger partial charge in [-0.25, -0.2) is 4.79 Å². The van der Waals surface area contributed by atoms with Gasteiger partial charge in [0.15, 0.2) is 0 Å². The molecule has 0 spiro atoms. The van der Waals surface area contributed by atoms with Crippen molar-refractivity contribution in [3.8, 4) is 0 Å². The van der Waals surface area contributed by atoms with Gasteiger partial charge in [-0.2, -0.15) is 0 Å². The number of hydrogen-bond donors (Lipinski definition) is 2. The molecule has 0 heterocycles. The van der Waals surface area contributed by atoms with Crippen molar-refractivity contribution in [1.82, 2.24) is 0 Å². The molecule has 126 valence electrons. The van der Waals surface area contributed by atoms with Crippen LogP contribution in [0.3, 0.4) is 0 Å². The Bertz CT molecular complexity index is 696. The Morgan fingerprint density at radius 2 is 1.75 bits per heavy atom. The van der Waals surface area contributed by atoms with Gasteiger partial charge in [0, 0.05) is 24.3 Å². The van der Waals surface area contributed by atoms with Crippen LogP contribution in [0.2, 0.25) is 0 Å². The average molecular weight is 326 g/mol. The van der Waals surface area contributed by atoms with Gasteiger partial charge in [-0.05, 0) is 38.1 Å². The smallest absolute Gasteiger partial charge is 0.340 e. The maximum atomic E-state index is 12.0. The van der Waals surface area contributed by atoms with Gasteiger partial charge in [0.2, 0.25) is 5.91 Å². The van der Waals surface area contributed by atoms with E-state index in [0.717, 1.165) is 11.3 Å². The number of carbonyl (C=O) groups is 2. The molecule has 2 aromatic carbocycles. The lowest BCUT2D eigenvalue weighted by atomic mass is 10.1. The molecule has 0 unspecified atom stereocenters. The summed E-state index contributed by atoms with van der Waals surface area (Å²) >= 11 is 0. The van der Waals surface area contributed by atoms with Crippen molar-refractivity contribution in [2.24, 2.45) is 0 Å². The van der Waals surface area contributed by atoms with E-state index >= 15 is 0 Å². The number of carbonyl (C=O) groups excluding carboxylic acids is 2. The lowest BCUT2D eigenvalue weighted by molar-refractivity contribution is -0.115. The first kappa shape index (κ1) is 17.5. The molecule has 0 atom stereocenters. The normalized spacial score (nSPS) is 10.1. The summed E-state index contributed by atoms with van der Waals surface area (Å²) in [5, 5.41) is 5.96. The van der Waals surface area contributed by atoms with E-state index in [0.29, 0.717) is 30.8 Å². The Kier molecular flexibility index (Phi) is 6.37. The molecule has 2 N–H and O–H groups in total. The molecule has 5 heteroatoms. The van der Waals surface area contributed by atoms with Crippen molar-refractivity contribution in [3.63, 3.8) is 0 Å². The Hall–Kier alpha value is -2.82. The van der Waals surface area contributed by atoms with Crippen molar-refractivity contribution in [3.05, 3.63) is 59.7 Å². The second-order valence-electron chi connectivity index (χ2n) is 5.36. The van der Waals surface area contributed by atoms with E-state index in [9.17, 15) is 9.59 Å². The molecule has 1 amide bonds. The zero-order chi connectivity index (χ0) is 17.4. The number of anilines is 2. The van der Waals surface area contributed by atoms with E-state index in [1.807, 2.05) is 37.3 Å². The van der Waals surface area contributed by atoms with Crippen LogP contribution in [0.4, 0.5) is 11.4 Å². The summed E-state index contributed by atoms with van der Waals surface area (Å²) in [5.74, 6) is -0.454. The molecule has 0 bridgehead atoms. The van der Waals surface area contributed by atoms with Crippen LogP contribution < -0.4 is 10.6 Å². The number of para-hydroxylation sites is 1. The van der Waals surface area contributed by atoms with Gasteiger partial charge in [-0.3, -0.25) is 4.79 Å². The minimum atomic E-state index is -0.371. The van der Waals surface area contributed by atoms with Crippen molar-refractivity contribution in [2.75, 3.05) is 23.8 Å². The van der Waals surface area contributed by atoms with Crippen molar-refractivity contribution < 1.29 is 14.3 Å². The van der Waals surface area contributed by atoms with Gasteiger partial charge in [0.05, 0.1) is 12.2 Å². The molecule has 0 radical (unpaired) electrons. The van der Waals surface area contributed by atoms with E-state index < -0.39 is 0 Å². The first-order valence-electron chi connectivity index (χ1n) is 7.96. The Balaban J connectivity index is 1.86.